The zero-order valence-electron chi connectivity index (χ0n) is 13.2. The summed E-state index contributed by atoms with van der Waals surface area (Å²) in [4.78, 5) is 20.5. The number of carbonyl (C=O) groups excluding carboxylic acids is 1. The van der Waals surface area contributed by atoms with E-state index in [0.717, 1.165) is 30.9 Å². The number of aromatic nitrogens is 2. The molecule has 6 heteroatoms. The Morgan fingerprint density at radius 3 is 2.65 bits per heavy atom. The quantitative estimate of drug-likeness (QED) is 0.855. The van der Waals surface area contributed by atoms with Crippen molar-refractivity contribution in [2.45, 2.75) is 25.1 Å². The van der Waals surface area contributed by atoms with Crippen LogP contribution in [0.1, 0.15) is 17.7 Å². The number of hydrogen-bond acceptors (Lipinski definition) is 4. The minimum atomic E-state index is -0.333. The van der Waals surface area contributed by atoms with Crippen molar-refractivity contribution in [3.8, 4) is 0 Å². The van der Waals surface area contributed by atoms with Crippen LogP contribution in [-0.2, 0) is 29.8 Å². The summed E-state index contributed by atoms with van der Waals surface area (Å²) >= 11 is 0. The van der Waals surface area contributed by atoms with Gasteiger partial charge >= 0.3 is 0 Å². The van der Waals surface area contributed by atoms with Crippen LogP contribution in [0.2, 0.25) is 0 Å². The molecule has 0 bridgehead atoms. The molecule has 1 aromatic heterocycles. The maximum atomic E-state index is 12.2. The van der Waals surface area contributed by atoms with Gasteiger partial charge in [0.15, 0.2) is 0 Å². The third-order valence-electron chi connectivity index (χ3n) is 4.40. The molecule has 1 aromatic carbocycles. The van der Waals surface area contributed by atoms with Gasteiger partial charge in [-0.25, -0.2) is 5.06 Å². The molecule has 0 saturated carbocycles. The Kier molecular flexibility index (Phi) is 3.43. The average Bonchev–Trinajstić information content (AvgIpc) is 3.04. The second-order valence-corrected chi connectivity index (χ2v) is 6.49. The van der Waals surface area contributed by atoms with Gasteiger partial charge < -0.3 is 0 Å². The van der Waals surface area contributed by atoms with Gasteiger partial charge in [-0.2, -0.15) is 5.10 Å². The predicted octanol–water partition coefficient (Wildman–Crippen LogP) is 1.34. The first-order valence-electron chi connectivity index (χ1n) is 7.86. The van der Waals surface area contributed by atoms with E-state index in [2.05, 4.69) is 10.00 Å². The molecular weight excluding hydrogens is 292 g/mol. The molecule has 0 atom stereocenters. The highest BCUT2D eigenvalue weighted by atomic mass is 16.7. The fourth-order valence-corrected chi connectivity index (χ4v) is 3.38. The summed E-state index contributed by atoms with van der Waals surface area (Å²) in [7, 11) is 1.92. The van der Waals surface area contributed by atoms with E-state index in [0.29, 0.717) is 13.0 Å². The number of nitrogens with zero attached hydrogens (tertiary/aromatic N) is 4. The molecular formula is C17H20N4O2. The normalized spacial score (nSPS) is 20.2. The number of benzene rings is 1. The largest absolute Gasteiger partial charge is 0.291 e. The smallest absolute Gasteiger partial charge is 0.249 e. The maximum Gasteiger partial charge on any atom is 0.249 e. The number of amides is 1. The van der Waals surface area contributed by atoms with Crippen molar-refractivity contribution in [3.63, 3.8) is 0 Å². The highest BCUT2D eigenvalue weighted by Crippen LogP contribution is 2.36. The van der Waals surface area contributed by atoms with Crippen LogP contribution < -0.4 is 0 Å². The van der Waals surface area contributed by atoms with Crippen molar-refractivity contribution >= 4 is 5.91 Å². The van der Waals surface area contributed by atoms with Gasteiger partial charge in [-0.3, -0.25) is 19.2 Å². The number of rotatable bonds is 4. The van der Waals surface area contributed by atoms with Crippen molar-refractivity contribution in [2.75, 3.05) is 13.1 Å². The highest BCUT2D eigenvalue weighted by Gasteiger charge is 2.53. The number of hydrogen-bond donors (Lipinski definition) is 0. The van der Waals surface area contributed by atoms with Crippen molar-refractivity contribution < 1.29 is 9.63 Å². The lowest BCUT2D eigenvalue weighted by molar-refractivity contribution is -0.241. The lowest BCUT2D eigenvalue weighted by Gasteiger charge is -2.45. The lowest BCUT2D eigenvalue weighted by atomic mass is 9.91. The Bertz CT molecular complexity index is 706. The number of hydroxylamine groups is 2. The molecule has 3 heterocycles. The number of likely N-dealkylation sites (tertiary alicyclic amines) is 1. The summed E-state index contributed by atoms with van der Waals surface area (Å²) in [6.07, 6.45) is 2.42. The Morgan fingerprint density at radius 2 is 1.96 bits per heavy atom. The summed E-state index contributed by atoms with van der Waals surface area (Å²) in [5.41, 5.74) is 1.80. The minimum absolute atomic E-state index is 0.0753. The monoisotopic (exact) mass is 312 g/mol. The van der Waals surface area contributed by atoms with Crippen LogP contribution >= 0.6 is 0 Å². The van der Waals surface area contributed by atoms with Gasteiger partial charge in [0.2, 0.25) is 5.91 Å². The zero-order valence-corrected chi connectivity index (χ0v) is 13.2. The molecule has 120 valence electrons. The molecule has 1 amide bonds. The van der Waals surface area contributed by atoms with Crippen LogP contribution in [0.5, 0.6) is 0 Å². The summed E-state index contributed by atoms with van der Waals surface area (Å²) in [5, 5.41) is 5.91. The Morgan fingerprint density at radius 1 is 1.17 bits per heavy atom. The van der Waals surface area contributed by atoms with Gasteiger partial charge in [0.1, 0.15) is 5.60 Å². The second kappa shape index (κ2) is 5.47. The van der Waals surface area contributed by atoms with Crippen molar-refractivity contribution in [3.05, 3.63) is 53.9 Å². The first-order valence-corrected chi connectivity index (χ1v) is 7.86. The molecule has 0 radical (unpaired) electrons. The minimum Gasteiger partial charge on any atom is -0.291 e. The molecule has 2 fully saturated rings. The van der Waals surface area contributed by atoms with Crippen LogP contribution in [0.25, 0.3) is 0 Å². The van der Waals surface area contributed by atoms with E-state index in [-0.39, 0.29) is 11.5 Å². The first kappa shape index (κ1) is 14.4. The van der Waals surface area contributed by atoms with Crippen LogP contribution in [0.15, 0.2) is 42.6 Å². The molecule has 6 nitrogen and oxygen atoms in total. The van der Waals surface area contributed by atoms with Crippen LogP contribution in [0, 0.1) is 0 Å². The molecule has 0 N–H and O–H groups in total. The fourth-order valence-electron chi connectivity index (χ4n) is 3.38. The molecule has 23 heavy (non-hydrogen) atoms. The third-order valence-corrected chi connectivity index (χ3v) is 4.40. The van der Waals surface area contributed by atoms with Gasteiger partial charge in [-0.05, 0) is 11.6 Å². The topological polar surface area (TPSA) is 50.6 Å². The average molecular weight is 312 g/mol. The van der Waals surface area contributed by atoms with Crippen LogP contribution in [0.4, 0.5) is 0 Å². The van der Waals surface area contributed by atoms with Crippen molar-refractivity contribution in [1.29, 1.82) is 0 Å². The number of carbonyl (C=O) groups is 1. The van der Waals surface area contributed by atoms with E-state index < -0.39 is 0 Å². The maximum absolute atomic E-state index is 12.2. The van der Waals surface area contributed by atoms with E-state index in [1.165, 1.54) is 5.06 Å². The number of aryl methyl sites for hydroxylation is 1. The van der Waals surface area contributed by atoms with E-state index in [1.807, 2.05) is 54.3 Å². The zero-order chi connectivity index (χ0) is 15.9. The van der Waals surface area contributed by atoms with Gasteiger partial charge in [0.05, 0.1) is 18.7 Å². The van der Waals surface area contributed by atoms with Crippen molar-refractivity contribution in [2.24, 2.45) is 7.05 Å². The first-order chi connectivity index (χ1) is 11.1. The Hall–Kier alpha value is -2.18. The van der Waals surface area contributed by atoms with Gasteiger partial charge in [-0.15, -0.1) is 0 Å². The van der Waals surface area contributed by atoms with E-state index >= 15 is 0 Å². The highest BCUT2D eigenvalue weighted by molar-refractivity contribution is 5.78. The fraction of sp³-hybridized carbons (Fsp3) is 0.412. The van der Waals surface area contributed by atoms with Gasteiger partial charge in [0, 0.05) is 32.9 Å². The molecule has 0 unspecified atom stereocenters. The summed E-state index contributed by atoms with van der Waals surface area (Å²) in [6.45, 7) is 2.88. The molecule has 2 aliphatic rings. The second-order valence-electron chi connectivity index (χ2n) is 6.49. The summed E-state index contributed by atoms with van der Waals surface area (Å²) in [5.74, 6) is 0.0753. The third kappa shape index (κ3) is 2.87. The van der Waals surface area contributed by atoms with E-state index in [9.17, 15) is 4.79 Å². The standard InChI is InChI=1S/C17H20N4O2/c1-19-8-7-15(18-19)11-20-12-17(13-20)9-16(22)21(23-17)10-14-5-3-2-4-6-14/h2-8H,9-13H2,1H3. The molecule has 4 rings (SSSR count). The molecule has 2 saturated heterocycles. The van der Waals surface area contributed by atoms with Crippen LogP contribution in [0.3, 0.4) is 0 Å². The van der Waals surface area contributed by atoms with E-state index in [1.54, 1.807) is 0 Å². The van der Waals surface area contributed by atoms with Crippen molar-refractivity contribution in [1.82, 2.24) is 19.7 Å². The SMILES string of the molecule is Cn1ccc(CN2CC3(CC(=O)N(Cc4ccccc4)O3)C2)n1. The van der Waals surface area contributed by atoms with Gasteiger partial charge in [-0.1, -0.05) is 30.3 Å². The predicted molar refractivity (Wildman–Crippen MR) is 83.9 cm³/mol. The van der Waals surface area contributed by atoms with Gasteiger partial charge in [0.25, 0.3) is 0 Å². The summed E-state index contributed by atoms with van der Waals surface area (Å²) < 4.78 is 1.81. The molecule has 2 aliphatic heterocycles. The van der Waals surface area contributed by atoms with E-state index in [4.69, 9.17) is 4.84 Å². The molecule has 2 aromatic rings. The van der Waals surface area contributed by atoms with Crippen LogP contribution in [-0.4, -0.2) is 44.3 Å². The lowest BCUT2D eigenvalue weighted by Crippen LogP contribution is -2.61. The molecule has 1 spiro atoms. The molecule has 0 aliphatic carbocycles. The Balaban J connectivity index is 1.34. The Labute approximate surface area is 135 Å². The summed E-state index contributed by atoms with van der Waals surface area (Å²) in [6, 6.07) is 12.0.